The summed E-state index contributed by atoms with van der Waals surface area (Å²) in [5.74, 6) is 0.891. The van der Waals surface area contributed by atoms with E-state index in [-0.39, 0.29) is 0 Å². The standard InChI is InChI=1S/C18H23N5S/c1-4-19-18(23(3)11-16-12-24-13(2)21-16)20-10-15-9-14-7-5-6-8-17(14)22-15/h5-9,12,22H,4,10-11H2,1-3H3,(H,19,20). The van der Waals surface area contributed by atoms with Gasteiger partial charge in [0.1, 0.15) is 0 Å². The third-order valence-corrected chi connectivity index (χ3v) is 4.57. The molecular formula is C18H23N5S. The van der Waals surface area contributed by atoms with E-state index in [4.69, 9.17) is 4.99 Å². The first-order valence-electron chi connectivity index (χ1n) is 8.13. The fraction of sp³-hybridized carbons (Fsp3) is 0.333. The Morgan fingerprint density at radius 2 is 2.21 bits per heavy atom. The topological polar surface area (TPSA) is 56.3 Å². The van der Waals surface area contributed by atoms with E-state index >= 15 is 0 Å². The van der Waals surface area contributed by atoms with Crippen molar-refractivity contribution in [3.05, 3.63) is 52.1 Å². The van der Waals surface area contributed by atoms with Crippen molar-refractivity contribution in [1.29, 1.82) is 0 Å². The van der Waals surface area contributed by atoms with Crippen molar-refractivity contribution < 1.29 is 0 Å². The molecule has 0 spiro atoms. The van der Waals surface area contributed by atoms with Crippen molar-refractivity contribution in [2.45, 2.75) is 26.9 Å². The van der Waals surface area contributed by atoms with Gasteiger partial charge in [-0.05, 0) is 31.4 Å². The third-order valence-electron chi connectivity index (χ3n) is 3.75. The average Bonchev–Trinajstić information content (AvgIpc) is 3.16. The number of nitrogens with one attached hydrogen (secondary N) is 2. The minimum Gasteiger partial charge on any atom is -0.357 e. The normalized spacial score (nSPS) is 11.9. The molecule has 0 saturated carbocycles. The Bertz CT molecular complexity index is 800. The molecule has 0 radical (unpaired) electrons. The molecule has 0 aliphatic rings. The minimum absolute atomic E-state index is 0.622. The molecule has 126 valence electrons. The summed E-state index contributed by atoms with van der Waals surface area (Å²) in [5.41, 5.74) is 3.35. The molecule has 0 bridgehead atoms. The van der Waals surface area contributed by atoms with Crippen LogP contribution in [0.2, 0.25) is 0 Å². The highest BCUT2D eigenvalue weighted by atomic mass is 32.1. The Labute approximate surface area is 146 Å². The van der Waals surface area contributed by atoms with Gasteiger partial charge >= 0.3 is 0 Å². The van der Waals surface area contributed by atoms with Gasteiger partial charge in [-0.1, -0.05) is 18.2 Å². The lowest BCUT2D eigenvalue weighted by Crippen LogP contribution is -2.38. The van der Waals surface area contributed by atoms with E-state index in [1.54, 1.807) is 11.3 Å². The number of fused-ring (bicyclic) bond motifs is 1. The summed E-state index contributed by atoms with van der Waals surface area (Å²) >= 11 is 1.68. The molecule has 3 aromatic rings. The number of nitrogens with zero attached hydrogens (tertiary/aromatic N) is 3. The van der Waals surface area contributed by atoms with Gasteiger partial charge in [0.15, 0.2) is 5.96 Å². The second-order valence-electron chi connectivity index (χ2n) is 5.77. The largest absolute Gasteiger partial charge is 0.357 e. The Balaban J connectivity index is 1.72. The predicted octanol–water partition coefficient (Wildman–Crippen LogP) is 3.53. The number of thiazole rings is 1. The lowest BCUT2D eigenvalue weighted by molar-refractivity contribution is 0.470. The molecule has 2 heterocycles. The maximum absolute atomic E-state index is 4.76. The second kappa shape index (κ2) is 7.49. The number of para-hydroxylation sites is 1. The van der Waals surface area contributed by atoms with E-state index < -0.39 is 0 Å². The predicted molar refractivity (Wildman–Crippen MR) is 101 cm³/mol. The van der Waals surface area contributed by atoms with Crippen LogP contribution in [0, 0.1) is 6.92 Å². The first-order valence-corrected chi connectivity index (χ1v) is 9.00. The Hall–Kier alpha value is -2.34. The zero-order chi connectivity index (χ0) is 16.9. The van der Waals surface area contributed by atoms with Crippen LogP contribution in [-0.4, -0.2) is 34.4 Å². The van der Waals surface area contributed by atoms with E-state index in [0.717, 1.165) is 41.0 Å². The van der Waals surface area contributed by atoms with E-state index in [2.05, 4.69) is 56.8 Å². The van der Waals surface area contributed by atoms with Crippen LogP contribution in [0.25, 0.3) is 10.9 Å². The summed E-state index contributed by atoms with van der Waals surface area (Å²) in [7, 11) is 2.04. The molecule has 3 rings (SSSR count). The zero-order valence-corrected chi connectivity index (χ0v) is 15.2. The van der Waals surface area contributed by atoms with Crippen LogP contribution in [0.5, 0.6) is 0 Å². The average molecular weight is 341 g/mol. The van der Waals surface area contributed by atoms with Crippen molar-refractivity contribution >= 4 is 28.2 Å². The summed E-state index contributed by atoms with van der Waals surface area (Å²) in [6.07, 6.45) is 0. The lowest BCUT2D eigenvalue weighted by atomic mass is 10.2. The monoisotopic (exact) mass is 341 g/mol. The van der Waals surface area contributed by atoms with Gasteiger partial charge in [-0.15, -0.1) is 11.3 Å². The molecule has 5 nitrogen and oxygen atoms in total. The van der Waals surface area contributed by atoms with Gasteiger partial charge in [-0.3, -0.25) is 0 Å². The molecule has 2 aromatic heterocycles. The molecule has 0 atom stereocenters. The van der Waals surface area contributed by atoms with Crippen molar-refractivity contribution in [3.63, 3.8) is 0 Å². The van der Waals surface area contributed by atoms with E-state index in [1.165, 1.54) is 5.39 Å². The number of rotatable bonds is 5. The summed E-state index contributed by atoms with van der Waals surface area (Å²) < 4.78 is 0. The number of aromatic amines is 1. The molecular weight excluding hydrogens is 318 g/mol. The van der Waals surface area contributed by atoms with Gasteiger partial charge in [-0.25, -0.2) is 9.98 Å². The van der Waals surface area contributed by atoms with Crippen molar-refractivity contribution in [1.82, 2.24) is 20.2 Å². The molecule has 6 heteroatoms. The summed E-state index contributed by atoms with van der Waals surface area (Å²) in [5, 5.41) is 7.77. The molecule has 2 N–H and O–H groups in total. The number of aryl methyl sites for hydroxylation is 1. The maximum atomic E-state index is 4.76. The smallest absolute Gasteiger partial charge is 0.194 e. The summed E-state index contributed by atoms with van der Waals surface area (Å²) in [4.78, 5) is 14.8. The Morgan fingerprint density at radius 1 is 1.38 bits per heavy atom. The first kappa shape index (κ1) is 16.5. The summed E-state index contributed by atoms with van der Waals surface area (Å²) in [6, 6.07) is 10.5. The minimum atomic E-state index is 0.622. The lowest BCUT2D eigenvalue weighted by Gasteiger charge is -2.21. The van der Waals surface area contributed by atoms with E-state index in [1.807, 2.05) is 20.0 Å². The highest BCUT2D eigenvalue weighted by Gasteiger charge is 2.09. The van der Waals surface area contributed by atoms with E-state index in [0.29, 0.717) is 6.54 Å². The van der Waals surface area contributed by atoms with Gasteiger partial charge < -0.3 is 15.2 Å². The van der Waals surface area contributed by atoms with Crippen molar-refractivity contribution in [2.24, 2.45) is 4.99 Å². The van der Waals surface area contributed by atoms with Crippen LogP contribution in [0.3, 0.4) is 0 Å². The van der Waals surface area contributed by atoms with Gasteiger partial charge in [-0.2, -0.15) is 0 Å². The highest BCUT2D eigenvalue weighted by molar-refractivity contribution is 7.09. The molecule has 0 aliphatic heterocycles. The number of benzene rings is 1. The van der Waals surface area contributed by atoms with Gasteiger partial charge in [0.25, 0.3) is 0 Å². The summed E-state index contributed by atoms with van der Waals surface area (Å²) in [6.45, 7) is 6.33. The number of hydrogen-bond donors (Lipinski definition) is 2. The van der Waals surface area contributed by atoms with Crippen LogP contribution in [0.1, 0.15) is 23.3 Å². The third kappa shape index (κ3) is 3.94. The Morgan fingerprint density at radius 3 is 2.92 bits per heavy atom. The number of hydrogen-bond acceptors (Lipinski definition) is 3. The number of aliphatic imine (C=N–C) groups is 1. The van der Waals surface area contributed by atoms with Crippen LogP contribution < -0.4 is 5.32 Å². The van der Waals surface area contributed by atoms with Crippen LogP contribution in [0.4, 0.5) is 0 Å². The van der Waals surface area contributed by atoms with Crippen molar-refractivity contribution in [3.8, 4) is 0 Å². The Kier molecular flexibility index (Phi) is 5.15. The highest BCUT2D eigenvalue weighted by Crippen LogP contribution is 2.15. The van der Waals surface area contributed by atoms with Crippen LogP contribution >= 0.6 is 11.3 Å². The fourth-order valence-corrected chi connectivity index (χ4v) is 3.25. The molecule has 24 heavy (non-hydrogen) atoms. The molecule has 0 aliphatic carbocycles. The molecule has 0 fully saturated rings. The van der Waals surface area contributed by atoms with Crippen molar-refractivity contribution in [2.75, 3.05) is 13.6 Å². The molecule has 1 aromatic carbocycles. The van der Waals surface area contributed by atoms with E-state index in [9.17, 15) is 0 Å². The van der Waals surface area contributed by atoms with Gasteiger partial charge in [0.2, 0.25) is 0 Å². The van der Waals surface area contributed by atoms with Crippen LogP contribution in [-0.2, 0) is 13.1 Å². The maximum Gasteiger partial charge on any atom is 0.194 e. The SMILES string of the molecule is CCNC(=NCc1cc2ccccc2[nH]1)N(C)Cc1csc(C)n1. The zero-order valence-electron chi connectivity index (χ0n) is 14.3. The first-order chi connectivity index (χ1) is 11.7. The molecule has 0 saturated heterocycles. The number of aromatic nitrogens is 2. The van der Waals surface area contributed by atoms with Crippen LogP contribution in [0.15, 0.2) is 40.7 Å². The number of H-pyrrole nitrogens is 1. The molecule has 0 unspecified atom stereocenters. The second-order valence-corrected chi connectivity index (χ2v) is 6.83. The molecule has 0 amide bonds. The van der Waals surface area contributed by atoms with Gasteiger partial charge in [0, 0.05) is 30.2 Å². The number of guanidine groups is 1. The quantitative estimate of drug-likeness (QED) is 0.551. The fourth-order valence-electron chi connectivity index (χ4n) is 2.65. The van der Waals surface area contributed by atoms with Gasteiger partial charge in [0.05, 0.1) is 23.8 Å².